The first-order valence-electron chi connectivity index (χ1n) is 10.6. The van der Waals surface area contributed by atoms with Gasteiger partial charge in [0.1, 0.15) is 0 Å². The van der Waals surface area contributed by atoms with E-state index in [0.29, 0.717) is 17.9 Å². The van der Waals surface area contributed by atoms with Crippen LogP contribution in [0.3, 0.4) is 0 Å². The number of aromatic amines is 1. The van der Waals surface area contributed by atoms with Crippen molar-refractivity contribution in [3.05, 3.63) is 59.3 Å². The Labute approximate surface area is 178 Å². The molecule has 1 aromatic heterocycles. The standard InChI is InChI=1S/C25H32N2O3/c1-6-16(3)27-24(28)14-20(18-11-12-22(29-4)23(13-18)30-5)21-15-26-25-17(7-2)9-8-10-19(21)25/h8-13,15-16,20,26H,6-7,14H2,1-5H3,(H,27,28)/t16-,20-/m1/s1. The highest BCUT2D eigenvalue weighted by Crippen LogP contribution is 2.38. The average Bonchev–Trinajstić information content (AvgIpc) is 3.20. The van der Waals surface area contributed by atoms with Crippen LogP contribution in [0.1, 0.15) is 56.2 Å². The molecule has 0 aliphatic heterocycles. The van der Waals surface area contributed by atoms with Crippen molar-refractivity contribution in [2.45, 2.75) is 52.0 Å². The first-order chi connectivity index (χ1) is 14.5. The molecule has 2 N–H and O–H groups in total. The Morgan fingerprint density at radius 3 is 2.53 bits per heavy atom. The maximum absolute atomic E-state index is 12.9. The smallest absolute Gasteiger partial charge is 0.221 e. The number of rotatable bonds is 9. The van der Waals surface area contributed by atoms with Gasteiger partial charge in [-0.25, -0.2) is 0 Å². The van der Waals surface area contributed by atoms with Crippen LogP contribution in [0, 0.1) is 0 Å². The van der Waals surface area contributed by atoms with Crippen LogP contribution in [-0.4, -0.2) is 31.2 Å². The third-order valence-electron chi connectivity index (χ3n) is 5.81. The van der Waals surface area contributed by atoms with E-state index in [1.54, 1.807) is 14.2 Å². The SMILES string of the molecule is CCc1cccc2c([C@H](CC(=O)N[C@H](C)CC)c3ccc(OC)c(OC)c3)c[nH]c12. The zero-order valence-corrected chi connectivity index (χ0v) is 18.5. The molecule has 0 spiro atoms. The lowest BCUT2D eigenvalue weighted by molar-refractivity contribution is -0.121. The van der Waals surface area contributed by atoms with E-state index in [9.17, 15) is 4.79 Å². The van der Waals surface area contributed by atoms with Crippen LogP contribution in [0.4, 0.5) is 0 Å². The topological polar surface area (TPSA) is 63.4 Å². The van der Waals surface area contributed by atoms with Crippen molar-refractivity contribution in [2.75, 3.05) is 14.2 Å². The summed E-state index contributed by atoms with van der Waals surface area (Å²) >= 11 is 0. The number of H-pyrrole nitrogens is 1. The van der Waals surface area contributed by atoms with Gasteiger partial charge in [-0.2, -0.15) is 0 Å². The quantitative estimate of drug-likeness (QED) is 0.512. The minimum Gasteiger partial charge on any atom is -0.493 e. The molecule has 160 valence electrons. The zero-order chi connectivity index (χ0) is 21.7. The summed E-state index contributed by atoms with van der Waals surface area (Å²) in [7, 11) is 3.26. The average molecular weight is 409 g/mol. The van der Waals surface area contributed by atoms with E-state index in [1.807, 2.05) is 31.3 Å². The Morgan fingerprint density at radius 1 is 1.10 bits per heavy atom. The third kappa shape index (κ3) is 4.45. The number of carbonyl (C=O) groups is 1. The summed E-state index contributed by atoms with van der Waals surface area (Å²) in [5.74, 6) is 1.28. The van der Waals surface area contributed by atoms with Crippen molar-refractivity contribution >= 4 is 16.8 Å². The first-order valence-corrected chi connectivity index (χ1v) is 10.6. The summed E-state index contributed by atoms with van der Waals surface area (Å²) in [4.78, 5) is 16.3. The second-order valence-corrected chi connectivity index (χ2v) is 7.69. The molecule has 3 rings (SSSR count). The van der Waals surface area contributed by atoms with Crippen LogP contribution in [0.2, 0.25) is 0 Å². The van der Waals surface area contributed by atoms with Crippen molar-refractivity contribution in [3.8, 4) is 11.5 Å². The van der Waals surface area contributed by atoms with E-state index in [-0.39, 0.29) is 17.9 Å². The third-order valence-corrected chi connectivity index (χ3v) is 5.81. The van der Waals surface area contributed by atoms with Crippen molar-refractivity contribution < 1.29 is 14.3 Å². The molecule has 2 atom stereocenters. The molecule has 30 heavy (non-hydrogen) atoms. The van der Waals surface area contributed by atoms with Crippen molar-refractivity contribution in [1.82, 2.24) is 10.3 Å². The van der Waals surface area contributed by atoms with Gasteiger partial charge in [0, 0.05) is 35.5 Å². The Balaban J connectivity index is 2.08. The summed E-state index contributed by atoms with van der Waals surface area (Å²) in [6.45, 7) is 6.26. The Kier molecular flexibility index (Phi) is 7.03. The maximum atomic E-state index is 12.9. The van der Waals surface area contributed by atoms with E-state index >= 15 is 0 Å². The summed E-state index contributed by atoms with van der Waals surface area (Å²) in [6.07, 6.45) is 4.26. The predicted octanol–water partition coefficient (Wildman–Crippen LogP) is 5.18. The van der Waals surface area contributed by atoms with Crippen LogP contribution >= 0.6 is 0 Å². The number of aromatic nitrogens is 1. The number of benzene rings is 2. The van der Waals surface area contributed by atoms with Gasteiger partial charge in [-0.15, -0.1) is 0 Å². The summed E-state index contributed by atoms with van der Waals surface area (Å²) < 4.78 is 10.9. The lowest BCUT2D eigenvalue weighted by Crippen LogP contribution is -2.33. The largest absolute Gasteiger partial charge is 0.493 e. The minimum atomic E-state index is -0.102. The van der Waals surface area contributed by atoms with E-state index in [4.69, 9.17) is 9.47 Å². The van der Waals surface area contributed by atoms with E-state index < -0.39 is 0 Å². The molecule has 0 unspecified atom stereocenters. The number of amides is 1. The molecule has 2 aromatic carbocycles. The monoisotopic (exact) mass is 408 g/mol. The molecule has 0 saturated carbocycles. The number of hydrogen-bond donors (Lipinski definition) is 2. The molecule has 5 nitrogen and oxygen atoms in total. The molecular formula is C25H32N2O3. The molecule has 0 aliphatic carbocycles. The number of fused-ring (bicyclic) bond motifs is 1. The minimum absolute atomic E-state index is 0.0464. The second kappa shape index (κ2) is 9.70. The van der Waals surface area contributed by atoms with Gasteiger partial charge in [-0.05, 0) is 48.6 Å². The van der Waals surface area contributed by atoms with Gasteiger partial charge in [-0.1, -0.05) is 38.1 Å². The van der Waals surface area contributed by atoms with Crippen LogP contribution in [0.5, 0.6) is 11.5 Å². The van der Waals surface area contributed by atoms with Gasteiger partial charge in [0.15, 0.2) is 11.5 Å². The Bertz CT molecular complexity index is 1010. The normalized spacial score (nSPS) is 13.1. The molecule has 1 amide bonds. The number of nitrogens with one attached hydrogen (secondary N) is 2. The number of carbonyl (C=O) groups excluding carboxylic acids is 1. The number of para-hydroxylation sites is 1. The van der Waals surface area contributed by atoms with Crippen LogP contribution in [-0.2, 0) is 11.2 Å². The van der Waals surface area contributed by atoms with Crippen molar-refractivity contribution in [1.29, 1.82) is 0 Å². The van der Waals surface area contributed by atoms with Gasteiger partial charge < -0.3 is 19.8 Å². The molecule has 5 heteroatoms. The van der Waals surface area contributed by atoms with Gasteiger partial charge in [0.05, 0.1) is 14.2 Å². The highest BCUT2D eigenvalue weighted by atomic mass is 16.5. The summed E-state index contributed by atoms with van der Waals surface area (Å²) in [5.41, 5.74) is 4.55. The lowest BCUT2D eigenvalue weighted by Gasteiger charge is -2.20. The predicted molar refractivity (Wildman–Crippen MR) is 122 cm³/mol. The van der Waals surface area contributed by atoms with Gasteiger partial charge in [0.2, 0.25) is 5.91 Å². The molecule has 0 fully saturated rings. The summed E-state index contributed by atoms with van der Waals surface area (Å²) in [5, 5.41) is 4.27. The van der Waals surface area contributed by atoms with Crippen molar-refractivity contribution in [2.24, 2.45) is 0 Å². The molecule has 0 radical (unpaired) electrons. The van der Waals surface area contributed by atoms with Crippen LogP contribution in [0.15, 0.2) is 42.6 Å². The van der Waals surface area contributed by atoms with E-state index in [0.717, 1.165) is 34.9 Å². The number of aryl methyl sites for hydroxylation is 1. The van der Waals surface area contributed by atoms with Gasteiger partial charge >= 0.3 is 0 Å². The van der Waals surface area contributed by atoms with E-state index in [2.05, 4.69) is 42.3 Å². The molecule has 1 heterocycles. The van der Waals surface area contributed by atoms with Crippen LogP contribution < -0.4 is 14.8 Å². The first kappa shape index (κ1) is 21.8. The molecule has 0 aliphatic rings. The number of methoxy groups -OCH3 is 2. The zero-order valence-electron chi connectivity index (χ0n) is 18.5. The highest BCUT2D eigenvalue weighted by molar-refractivity contribution is 5.88. The van der Waals surface area contributed by atoms with Gasteiger partial charge in [0.25, 0.3) is 0 Å². The van der Waals surface area contributed by atoms with E-state index in [1.165, 1.54) is 5.56 Å². The Morgan fingerprint density at radius 2 is 1.87 bits per heavy atom. The molecule has 0 bridgehead atoms. The number of hydrogen-bond acceptors (Lipinski definition) is 3. The fraction of sp³-hybridized carbons (Fsp3) is 0.400. The molecule has 3 aromatic rings. The van der Waals surface area contributed by atoms with Crippen molar-refractivity contribution in [3.63, 3.8) is 0 Å². The highest BCUT2D eigenvalue weighted by Gasteiger charge is 2.24. The maximum Gasteiger partial charge on any atom is 0.221 e. The fourth-order valence-electron chi connectivity index (χ4n) is 3.92. The lowest BCUT2D eigenvalue weighted by atomic mass is 9.87. The molecular weight excluding hydrogens is 376 g/mol. The number of ether oxygens (including phenoxy) is 2. The van der Waals surface area contributed by atoms with Gasteiger partial charge in [-0.3, -0.25) is 4.79 Å². The second-order valence-electron chi connectivity index (χ2n) is 7.69. The summed E-state index contributed by atoms with van der Waals surface area (Å²) in [6, 6.07) is 12.4. The van der Waals surface area contributed by atoms with Crippen LogP contribution in [0.25, 0.3) is 10.9 Å². The Hall–Kier alpha value is -2.95. The molecule has 0 saturated heterocycles. The fourth-order valence-corrected chi connectivity index (χ4v) is 3.92.